The van der Waals surface area contributed by atoms with E-state index in [4.69, 9.17) is 0 Å². The van der Waals surface area contributed by atoms with Crippen molar-refractivity contribution < 1.29 is 14.6 Å². The molecule has 0 atom stereocenters. The minimum absolute atomic E-state index is 0.329. The zero-order valence-electron chi connectivity index (χ0n) is 14.6. The molecule has 0 fully saturated rings. The number of phenols is 1. The standard InChI is InChI=1S/C20H26O3/c1-14(2)6-9-17-12-16(8-11-19(21)23-5)13-18(20(17)22)10-7-15(3)4/h6-8,11-13,22H,9-10H2,1-5H3. The average molecular weight is 314 g/mol. The molecule has 0 aromatic heterocycles. The Morgan fingerprint density at radius 3 is 1.91 bits per heavy atom. The van der Waals surface area contributed by atoms with E-state index in [0.29, 0.717) is 18.6 Å². The van der Waals surface area contributed by atoms with Gasteiger partial charge >= 0.3 is 5.97 Å². The molecule has 0 saturated carbocycles. The third kappa shape index (κ3) is 6.55. The number of ether oxygens (including phenoxy) is 1. The normalized spacial score (nSPS) is 10.5. The molecule has 23 heavy (non-hydrogen) atoms. The van der Waals surface area contributed by atoms with Gasteiger partial charge in [0.15, 0.2) is 0 Å². The van der Waals surface area contributed by atoms with Gasteiger partial charge in [-0.25, -0.2) is 4.79 Å². The number of carbonyl (C=O) groups excluding carboxylic acids is 1. The summed E-state index contributed by atoms with van der Waals surface area (Å²) in [5.74, 6) is -0.0648. The molecule has 0 radical (unpaired) electrons. The van der Waals surface area contributed by atoms with Crippen molar-refractivity contribution >= 4 is 12.0 Å². The van der Waals surface area contributed by atoms with Gasteiger partial charge in [0, 0.05) is 6.08 Å². The zero-order chi connectivity index (χ0) is 17.4. The summed E-state index contributed by atoms with van der Waals surface area (Å²) >= 11 is 0. The number of rotatable bonds is 6. The second-order valence-corrected chi connectivity index (χ2v) is 6.02. The molecule has 1 aromatic carbocycles. The van der Waals surface area contributed by atoms with Crippen molar-refractivity contribution in [3.63, 3.8) is 0 Å². The number of esters is 1. The van der Waals surface area contributed by atoms with E-state index in [-0.39, 0.29) is 0 Å². The van der Waals surface area contributed by atoms with Gasteiger partial charge in [-0.2, -0.15) is 0 Å². The summed E-state index contributed by atoms with van der Waals surface area (Å²) in [5, 5.41) is 10.5. The Kier molecular flexibility index (Phi) is 7.33. The number of benzene rings is 1. The van der Waals surface area contributed by atoms with Gasteiger partial charge in [0.2, 0.25) is 0 Å². The molecule has 0 aliphatic heterocycles. The molecule has 124 valence electrons. The molecular formula is C20H26O3. The Hall–Kier alpha value is -2.29. The summed E-state index contributed by atoms with van der Waals surface area (Å²) in [4.78, 5) is 11.3. The molecular weight excluding hydrogens is 288 g/mol. The summed E-state index contributed by atoms with van der Waals surface area (Å²) in [6.07, 6.45) is 8.58. The lowest BCUT2D eigenvalue weighted by Crippen LogP contribution is -1.95. The first-order chi connectivity index (χ1) is 10.8. The lowest BCUT2D eigenvalue weighted by molar-refractivity contribution is -0.134. The Morgan fingerprint density at radius 1 is 1.04 bits per heavy atom. The van der Waals surface area contributed by atoms with Crippen molar-refractivity contribution in [2.45, 2.75) is 40.5 Å². The number of phenolic OH excluding ortho intramolecular Hbond substituents is 1. The smallest absolute Gasteiger partial charge is 0.330 e. The van der Waals surface area contributed by atoms with E-state index in [1.165, 1.54) is 24.3 Å². The second kappa shape index (κ2) is 8.99. The Morgan fingerprint density at radius 2 is 1.52 bits per heavy atom. The third-order valence-electron chi connectivity index (χ3n) is 3.36. The summed E-state index contributed by atoms with van der Waals surface area (Å²) in [7, 11) is 1.35. The molecule has 3 nitrogen and oxygen atoms in total. The van der Waals surface area contributed by atoms with Gasteiger partial charge in [-0.15, -0.1) is 0 Å². The molecule has 0 bridgehead atoms. The van der Waals surface area contributed by atoms with Crippen LogP contribution in [0.5, 0.6) is 5.75 Å². The van der Waals surface area contributed by atoms with Crippen molar-refractivity contribution in [3.05, 3.63) is 58.2 Å². The van der Waals surface area contributed by atoms with E-state index in [9.17, 15) is 9.90 Å². The van der Waals surface area contributed by atoms with Crippen molar-refractivity contribution in [2.24, 2.45) is 0 Å². The molecule has 0 unspecified atom stereocenters. The minimum Gasteiger partial charge on any atom is -0.507 e. The Bertz CT molecular complexity index is 600. The number of hydrogen-bond acceptors (Lipinski definition) is 3. The third-order valence-corrected chi connectivity index (χ3v) is 3.36. The largest absolute Gasteiger partial charge is 0.507 e. The molecule has 0 amide bonds. The lowest BCUT2D eigenvalue weighted by atomic mass is 9.98. The summed E-state index contributed by atoms with van der Waals surface area (Å²) in [6, 6.07) is 3.81. The van der Waals surface area contributed by atoms with E-state index >= 15 is 0 Å². The van der Waals surface area contributed by atoms with Gasteiger partial charge in [0.25, 0.3) is 0 Å². The predicted octanol–water partition coefficient (Wildman–Crippen LogP) is 4.60. The van der Waals surface area contributed by atoms with Crippen LogP contribution in [0.25, 0.3) is 6.08 Å². The molecule has 0 saturated heterocycles. The van der Waals surface area contributed by atoms with Crippen LogP contribution < -0.4 is 0 Å². The van der Waals surface area contributed by atoms with Gasteiger partial charge in [0.05, 0.1) is 7.11 Å². The predicted molar refractivity (Wildman–Crippen MR) is 95.4 cm³/mol. The van der Waals surface area contributed by atoms with Crippen LogP contribution in [-0.2, 0) is 22.4 Å². The minimum atomic E-state index is -0.394. The summed E-state index contributed by atoms with van der Waals surface area (Å²) < 4.78 is 4.62. The topological polar surface area (TPSA) is 46.5 Å². The Labute approximate surface area is 139 Å². The van der Waals surface area contributed by atoms with E-state index in [1.807, 2.05) is 39.8 Å². The van der Waals surface area contributed by atoms with Crippen LogP contribution in [0, 0.1) is 0 Å². The highest BCUT2D eigenvalue weighted by atomic mass is 16.5. The first kappa shape index (κ1) is 18.8. The number of methoxy groups -OCH3 is 1. The fourth-order valence-corrected chi connectivity index (χ4v) is 2.05. The summed E-state index contributed by atoms with van der Waals surface area (Å²) in [6.45, 7) is 8.12. The molecule has 0 aliphatic rings. The second-order valence-electron chi connectivity index (χ2n) is 6.02. The highest BCUT2D eigenvalue weighted by Gasteiger charge is 2.08. The van der Waals surface area contributed by atoms with E-state index in [1.54, 1.807) is 6.08 Å². The molecule has 3 heteroatoms. The van der Waals surface area contributed by atoms with Crippen molar-refractivity contribution in [1.29, 1.82) is 0 Å². The van der Waals surface area contributed by atoms with Crippen molar-refractivity contribution in [1.82, 2.24) is 0 Å². The summed E-state index contributed by atoms with van der Waals surface area (Å²) in [5.41, 5.74) is 4.99. The maximum atomic E-state index is 11.3. The van der Waals surface area contributed by atoms with Crippen LogP contribution >= 0.6 is 0 Å². The van der Waals surface area contributed by atoms with Crippen LogP contribution in [-0.4, -0.2) is 18.2 Å². The van der Waals surface area contributed by atoms with E-state index in [0.717, 1.165) is 16.7 Å². The van der Waals surface area contributed by atoms with Gasteiger partial charge in [-0.1, -0.05) is 23.3 Å². The molecule has 1 N–H and O–H groups in total. The fourth-order valence-electron chi connectivity index (χ4n) is 2.05. The fraction of sp³-hybridized carbons (Fsp3) is 0.350. The SMILES string of the molecule is COC(=O)C=Cc1cc(CC=C(C)C)c(O)c(CC=C(C)C)c1. The van der Waals surface area contributed by atoms with Crippen LogP contribution in [0.4, 0.5) is 0 Å². The number of hydrogen-bond donors (Lipinski definition) is 1. The van der Waals surface area contributed by atoms with Crippen LogP contribution in [0.3, 0.4) is 0 Å². The molecule has 0 aliphatic carbocycles. The maximum absolute atomic E-state index is 11.3. The van der Waals surface area contributed by atoms with Crippen molar-refractivity contribution in [3.8, 4) is 5.75 Å². The molecule has 0 spiro atoms. The van der Waals surface area contributed by atoms with E-state index < -0.39 is 5.97 Å². The lowest BCUT2D eigenvalue weighted by Gasteiger charge is -2.10. The zero-order valence-corrected chi connectivity index (χ0v) is 14.6. The van der Waals surface area contributed by atoms with Crippen LogP contribution in [0.1, 0.15) is 44.4 Å². The van der Waals surface area contributed by atoms with Gasteiger partial charge < -0.3 is 9.84 Å². The van der Waals surface area contributed by atoms with E-state index in [2.05, 4.69) is 16.9 Å². The van der Waals surface area contributed by atoms with Crippen molar-refractivity contribution in [2.75, 3.05) is 7.11 Å². The van der Waals surface area contributed by atoms with Crippen LogP contribution in [0.2, 0.25) is 0 Å². The highest BCUT2D eigenvalue weighted by Crippen LogP contribution is 2.27. The van der Waals surface area contributed by atoms with Gasteiger partial charge in [-0.3, -0.25) is 0 Å². The molecule has 1 aromatic rings. The Balaban J connectivity index is 3.24. The maximum Gasteiger partial charge on any atom is 0.330 e. The number of carbonyl (C=O) groups is 1. The van der Waals surface area contributed by atoms with Gasteiger partial charge in [-0.05, 0) is 75.4 Å². The van der Waals surface area contributed by atoms with Gasteiger partial charge in [0.1, 0.15) is 5.75 Å². The average Bonchev–Trinajstić information content (AvgIpc) is 2.50. The number of aromatic hydroxyl groups is 1. The molecule has 1 rings (SSSR count). The van der Waals surface area contributed by atoms with Crippen LogP contribution in [0.15, 0.2) is 41.5 Å². The molecule has 0 heterocycles. The monoisotopic (exact) mass is 314 g/mol. The number of allylic oxidation sites excluding steroid dienone is 4. The quantitative estimate of drug-likeness (QED) is 0.474. The first-order valence-corrected chi connectivity index (χ1v) is 7.71. The first-order valence-electron chi connectivity index (χ1n) is 7.71. The highest BCUT2D eigenvalue weighted by molar-refractivity contribution is 5.87.